The average Bonchev–Trinajstić information content (AvgIpc) is 3.14. The lowest BCUT2D eigenvalue weighted by atomic mass is 10.0. The summed E-state index contributed by atoms with van der Waals surface area (Å²) < 4.78 is 1.97. The second-order valence-corrected chi connectivity index (χ2v) is 7.02. The van der Waals surface area contributed by atoms with Crippen molar-refractivity contribution in [1.82, 2.24) is 19.7 Å². The molecule has 1 saturated heterocycles. The predicted molar refractivity (Wildman–Crippen MR) is 91.5 cm³/mol. The van der Waals surface area contributed by atoms with Crippen LogP contribution in [0.15, 0.2) is 5.38 Å². The van der Waals surface area contributed by atoms with E-state index in [1.165, 1.54) is 35.9 Å². The van der Waals surface area contributed by atoms with Gasteiger partial charge in [-0.05, 0) is 33.2 Å². The fourth-order valence-electron chi connectivity index (χ4n) is 3.41. The van der Waals surface area contributed by atoms with Gasteiger partial charge in [0.15, 0.2) is 5.13 Å². The summed E-state index contributed by atoms with van der Waals surface area (Å²) >= 11 is 1.48. The number of likely N-dealkylation sites (tertiary alicyclic amines) is 1. The zero-order valence-electron chi connectivity index (χ0n) is 14.1. The fourth-order valence-corrected chi connectivity index (χ4v) is 4.16. The fraction of sp³-hybridized carbons (Fsp3) is 0.562. The summed E-state index contributed by atoms with van der Waals surface area (Å²) in [6, 6.07) is 0.412. The highest BCUT2D eigenvalue weighted by molar-refractivity contribution is 7.13. The van der Waals surface area contributed by atoms with Crippen LogP contribution in [0.3, 0.4) is 0 Å². The number of thiazole rings is 1. The van der Waals surface area contributed by atoms with Gasteiger partial charge < -0.3 is 5.32 Å². The lowest BCUT2D eigenvalue weighted by Crippen LogP contribution is -2.23. The van der Waals surface area contributed by atoms with Crippen molar-refractivity contribution in [2.45, 2.75) is 46.2 Å². The van der Waals surface area contributed by atoms with Crippen LogP contribution in [0.4, 0.5) is 5.13 Å². The predicted octanol–water partition coefficient (Wildman–Crippen LogP) is 2.79. The molecule has 1 aliphatic rings. The van der Waals surface area contributed by atoms with Crippen molar-refractivity contribution in [3.05, 3.63) is 28.0 Å². The summed E-state index contributed by atoms with van der Waals surface area (Å²) in [4.78, 5) is 18.1. The molecule has 1 atom stereocenters. The number of aryl methyl sites for hydroxylation is 2. The Morgan fingerprint density at radius 1 is 1.48 bits per heavy atom. The standard InChI is InChI=1S/C16H23N5OS/c1-10-15(11(2)20(4)19-10)14-6-5-7-21(14)8-13-9-23-16(18-13)17-12(3)22/h9,14H,5-8H2,1-4H3,(H,17,18,22)/t14-/m0/s1. The number of nitrogens with one attached hydrogen (secondary N) is 1. The molecule has 7 heteroatoms. The van der Waals surface area contributed by atoms with Gasteiger partial charge in [-0.25, -0.2) is 4.98 Å². The van der Waals surface area contributed by atoms with Crippen molar-refractivity contribution < 1.29 is 4.79 Å². The molecular formula is C16H23N5OS. The molecule has 1 amide bonds. The van der Waals surface area contributed by atoms with Crippen LogP contribution in [0.25, 0.3) is 0 Å². The van der Waals surface area contributed by atoms with Crippen molar-refractivity contribution >= 4 is 22.4 Å². The van der Waals surface area contributed by atoms with Crippen LogP contribution in [0.5, 0.6) is 0 Å². The average molecular weight is 333 g/mol. The molecule has 6 nitrogen and oxygen atoms in total. The smallest absolute Gasteiger partial charge is 0.223 e. The summed E-state index contributed by atoms with van der Waals surface area (Å²) in [5.41, 5.74) is 4.75. The van der Waals surface area contributed by atoms with E-state index in [0.29, 0.717) is 11.2 Å². The lowest BCUT2D eigenvalue weighted by molar-refractivity contribution is -0.114. The van der Waals surface area contributed by atoms with Crippen LogP contribution >= 0.6 is 11.3 Å². The summed E-state index contributed by atoms with van der Waals surface area (Å²) in [6.07, 6.45) is 2.36. The summed E-state index contributed by atoms with van der Waals surface area (Å²) in [5, 5.41) is 10.0. The topological polar surface area (TPSA) is 63.1 Å². The van der Waals surface area contributed by atoms with E-state index >= 15 is 0 Å². The molecule has 2 aromatic rings. The van der Waals surface area contributed by atoms with Crippen LogP contribution in [-0.4, -0.2) is 32.1 Å². The number of anilines is 1. The van der Waals surface area contributed by atoms with E-state index < -0.39 is 0 Å². The quantitative estimate of drug-likeness (QED) is 0.934. The number of amides is 1. The molecule has 0 bridgehead atoms. The largest absolute Gasteiger partial charge is 0.302 e. The molecular weight excluding hydrogens is 310 g/mol. The zero-order chi connectivity index (χ0) is 16.6. The maximum Gasteiger partial charge on any atom is 0.223 e. The van der Waals surface area contributed by atoms with Gasteiger partial charge >= 0.3 is 0 Å². The number of hydrogen-bond acceptors (Lipinski definition) is 5. The Morgan fingerprint density at radius 3 is 2.91 bits per heavy atom. The van der Waals surface area contributed by atoms with Crippen molar-refractivity contribution in [2.75, 3.05) is 11.9 Å². The van der Waals surface area contributed by atoms with Crippen LogP contribution in [0.2, 0.25) is 0 Å². The SMILES string of the molecule is CC(=O)Nc1nc(CN2CCC[C@H]2c2c(C)nn(C)c2C)cs1. The van der Waals surface area contributed by atoms with Gasteiger partial charge in [0.05, 0.1) is 11.4 Å². The van der Waals surface area contributed by atoms with Gasteiger partial charge in [-0.1, -0.05) is 0 Å². The molecule has 1 fully saturated rings. The molecule has 124 valence electrons. The first-order valence-corrected chi connectivity index (χ1v) is 8.80. The van der Waals surface area contributed by atoms with Gasteiger partial charge in [-0.2, -0.15) is 5.10 Å². The van der Waals surface area contributed by atoms with Gasteiger partial charge in [0.2, 0.25) is 5.91 Å². The van der Waals surface area contributed by atoms with Gasteiger partial charge in [-0.15, -0.1) is 11.3 Å². The molecule has 1 N–H and O–H groups in total. The number of aromatic nitrogens is 3. The van der Waals surface area contributed by atoms with Crippen LogP contribution in [-0.2, 0) is 18.4 Å². The maximum absolute atomic E-state index is 11.1. The molecule has 1 aliphatic heterocycles. The minimum Gasteiger partial charge on any atom is -0.302 e. The second-order valence-electron chi connectivity index (χ2n) is 6.16. The van der Waals surface area contributed by atoms with Crippen molar-refractivity contribution in [1.29, 1.82) is 0 Å². The van der Waals surface area contributed by atoms with Crippen molar-refractivity contribution in [3.8, 4) is 0 Å². The third kappa shape index (κ3) is 3.30. The van der Waals surface area contributed by atoms with E-state index in [4.69, 9.17) is 0 Å². The van der Waals surface area contributed by atoms with Crippen LogP contribution in [0.1, 0.15) is 48.5 Å². The van der Waals surface area contributed by atoms with Gasteiger partial charge in [0, 0.05) is 43.2 Å². The van der Waals surface area contributed by atoms with Gasteiger partial charge in [-0.3, -0.25) is 14.4 Å². The molecule has 0 unspecified atom stereocenters. The first-order chi connectivity index (χ1) is 11.0. The number of nitrogens with zero attached hydrogens (tertiary/aromatic N) is 4. The first kappa shape index (κ1) is 16.1. The molecule has 23 heavy (non-hydrogen) atoms. The van der Waals surface area contributed by atoms with E-state index in [1.807, 2.05) is 17.1 Å². The molecule has 0 aliphatic carbocycles. The molecule has 3 heterocycles. The van der Waals surface area contributed by atoms with Crippen molar-refractivity contribution in [2.24, 2.45) is 7.05 Å². The number of hydrogen-bond donors (Lipinski definition) is 1. The summed E-state index contributed by atoms with van der Waals surface area (Å²) in [5.74, 6) is -0.0773. The Hall–Kier alpha value is -1.73. The Morgan fingerprint density at radius 2 is 2.26 bits per heavy atom. The number of rotatable bonds is 4. The summed E-state index contributed by atoms with van der Waals surface area (Å²) in [7, 11) is 2.01. The maximum atomic E-state index is 11.1. The molecule has 0 aromatic carbocycles. The summed E-state index contributed by atoms with van der Waals surface area (Å²) in [6.45, 7) is 7.63. The van der Waals surface area contributed by atoms with Gasteiger partial charge in [0.25, 0.3) is 0 Å². The normalized spacial score (nSPS) is 18.5. The highest BCUT2D eigenvalue weighted by Gasteiger charge is 2.30. The van der Waals surface area contributed by atoms with E-state index in [0.717, 1.165) is 30.9 Å². The Bertz CT molecular complexity index is 720. The first-order valence-electron chi connectivity index (χ1n) is 7.92. The van der Waals surface area contributed by atoms with Crippen LogP contribution < -0.4 is 5.32 Å². The molecule has 3 rings (SSSR count). The Kier molecular flexibility index (Phi) is 4.50. The second kappa shape index (κ2) is 6.41. The number of carbonyl (C=O) groups is 1. The minimum atomic E-state index is -0.0773. The van der Waals surface area contributed by atoms with E-state index in [9.17, 15) is 4.79 Å². The molecule has 0 saturated carbocycles. The third-order valence-corrected chi connectivity index (χ3v) is 5.27. The van der Waals surface area contributed by atoms with E-state index in [2.05, 4.69) is 34.1 Å². The monoisotopic (exact) mass is 333 g/mol. The van der Waals surface area contributed by atoms with Crippen LogP contribution in [0, 0.1) is 13.8 Å². The van der Waals surface area contributed by atoms with Crippen molar-refractivity contribution in [3.63, 3.8) is 0 Å². The Labute approximate surface area is 140 Å². The molecule has 0 radical (unpaired) electrons. The van der Waals surface area contributed by atoms with E-state index in [1.54, 1.807) is 0 Å². The lowest BCUT2D eigenvalue weighted by Gasteiger charge is -2.24. The minimum absolute atomic E-state index is 0.0773. The number of carbonyl (C=O) groups excluding carboxylic acids is 1. The Balaban J connectivity index is 1.77. The molecule has 0 spiro atoms. The highest BCUT2D eigenvalue weighted by atomic mass is 32.1. The highest BCUT2D eigenvalue weighted by Crippen LogP contribution is 2.36. The third-order valence-electron chi connectivity index (χ3n) is 4.46. The van der Waals surface area contributed by atoms with Gasteiger partial charge in [0.1, 0.15) is 0 Å². The van der Waals surface area contributed by atoms with E-state index in [-0.39, 0.29) is 5.91 Å². The molecule has 2 aromatic heterocycles. The zero-order valence-corrected chi connectivity index (χ0v) is 14.9.